The van der Waals surface area contributed by atoms with Crippen molar-refractivity contribution >= 4 is 29.3 Å². The van der Waals surface area contributed by atoms with Crippen LogP contribution >= 0.6 is 23.4 Å². The van der Waals surface area contributed by atoms with Gasteiger partial charge in [-0.1, -0.05) is 65.8 Å². The van der Waals surface area contributed by atoms with Crippen molar-refractivity contribution in [2.24, 2.45) is 0 Å². The highest BCUT2D eigenvalue weighted by Crippen LogP contribution is 2.40. The van der Waals surface area contributed by atoms with Gasteiger partial charge in [0.05, 0.1) is 18.5 Å². The lowest BCUT2D eigenvalue weighted by molar-refractivity contribution is 0.121. The van der Waals surface area contributed by atoms with E-state index in [0.29, 0.717) is 0 Å². The Morgan fingerprint density at radius 3 is 2.36 bits per heavy atom. The molecule has 0 aliphatic carbocycles. The molecule has 1 aliphatic heterocycles. The van der Waals surface area contributed by atoms with Crippen molar-refractivity contribution in [3.05, 3.63) is 70.7 Å². The molecule has 0 amide bonds. The zero-order valence-corrected chi connectivity index (χ0v) is 17.4. The number of ether oxygens (including phenoxy) is 1. The molecule has 2 heterocycles. The van der Waals surface area contributed by atoms with Crippen LogP contribution in [-0.2, 0) is 11.3 Å². The van der Waals surface area contributed by atoms with Crippen LogP contribution in [0.4, 0.5) is 5.95 Å². The van der Waals surface area contributed by atoms with Crippen LogP contribution in [0.15, 0.2) is 59.8 Å². The average Bonchev–Trinajstić information content (AvgIpc) is 3.16. The molecule has 146 valence electrons. The standard InChI is InChI=1S/C21H23ClN4OS/c1-2-26-20(25-12-14-27-15-13-25)23-24-21(26)28-19(16-6-4-3-5-7-16)17-8-10-18(22)11-9-17/h3-11,19H,2,12-15H2,1H3. The fourth-order valence-electron chi connectivity index (χ4n) is 3.34. The van der Waals surface area contributed by atoms with Crippen LogP contribution in [0.2, 0.25) is 5.02 Å². The molecule has 1 aromatic heterocycles. The van der Waals surface area contributed by atoms with E-state index in [9.17, 15) is 0 Å². The summed E-state index contributed by atoms with van der Waals surface area (Å²) >= 11 is 7.84. The summed E-state index contributed by atoms with van der Waals surface area (Å²) in [5.74, 6) is 0.927. The van der Waals surface area contributed by atoms with Crippen LogP contribution < -0.4 is 4.90 Å². The maximum Gasteiger partial charge on any atom is 0.228 e. The summed E-state index contributed by atoms with van der Waals surface area (Å²) in [5.41, 5.74) is 2.42. The number of halogens is 1. The number of anilines is 1. The van der Waals surface area contributed by atoms with E-state index < -0.39 is 0 Å². The SMILES string of the molecule is CCn1c(SC(c2ccccc2)c2ccc(Cl)cc2)nnc1N1CCOCC1. The molecule has 1 atom stereocenters. The molecule has 1 unspecified atom stereocenters. The molecule has 0 N–H and O–H groups in total. The number of morpholine rings is 1. The first-order valence-electron chi connectivity index (χ1n) is 9.49. The summed E-state index contributed by atoms with van der Waals surface area (Å²) in [6.45, 7) is 6.12. The summed E-state index contributed by atoms with van der Waals surface area (Å²) in [5, 5.41) is 10.8. The van der Waals surface area contributed by atoms with E-state index in [1.807, 2.05) is 18.2 Å². The maximum absolute atomic E-state index is 6.11. The van der Waals surface area contributed by atoms with Gasteiger partial charge in [-0.25, -0.2) is 0 Å². The molecular formula is C21H23ClN4OS. The molecule has 0 spiro atoms. The number of nitrogens with zero attached hydrogens (tertiary/aromatic N) is 4. The highest BCUT2D eigenvalue weighted by Gasteiger charge is 2.23. The van der Waals surface area contributed by atoms with Gasteiger partial charge in [0.1, 0.15) is 0 Å². The third kappa shape index (κ3) is 4.19. The Bertz CT molecular complexity index is 895. The molecule has 0 bridgehead atoms. The van der Waals surface area contributed by atoms with Gasteiger partial charge < -0.3 is 9.64 Å². The molecule has 0 radical (unpaired) electrons. The second-order valence-electron chi connectivity index (χ2n) is 6.59. The molecule has 28 heavy (non-hydrogen) atoms. The zero-order chi connectivity index (χ0) is 19.3. The van der Waals surface area contributed by atoms with Gasteiger partial charge in [-0.3, -0.25) is 4.57 Å². The first-order chi connectivity index (χ1) is 13.8. The minimum Gasteiger partial charge on any atom is -0.378 e. The molecule has 7 heteroatoms. The molecule has 0 saturated carbocycles. The molecule has 1 fully saturated rings. The van der Waals surface area contributed by atoms with Crippen LogP contribution in [0, 0.1) is 0 Å². The summed E-state index contributed by atoms with van der Waals surface area (Å²) < 4.78 is 7.67. The van der Waals surface area contributed by atoms with Crippen molar-refractivity contribution < 1.29 is 4.74 Å². The Morgan fingerprint density at radius 1 is 1.00 bits per heavy atom. The number of benzene rings is 2. The second kappa shape index (κ2) is 8.99. The van der Waals surface area contributed by atoms with Crippen molar-refractivity contribution in [3.8, 4) is 0 Å². The van der Waals surface area contributed by atoms with Gasteiger partial charge in [-0.15, -0.1) is 10.2 Å². The quantitative estimate of drug-likeness (QED) is 0.548. The number of rotatable bonds is 6. The third-order valence-corrected chi connectivity index (χ3v) is 6.35. The zero-order valence-electron chi connectivity index (χ0n) is 15.8. The first kappa shape index (κ1) is 19.3. The van der Waals surface area contributed by atoms with E-state index >= 15 is 0 Å². The Hall–Kier alpha value is -2.02. The van der Waals surface area contributed by atoms with Crippen molar-refractivity contribution in [2.75, 3.05) is 31.2 Å². The number of thioether (sulfide) groups is 1. The fraction of sp³-hybridized carbons (Fsp3) is 0.333. The minimum absolute atomic E-state index is 0.116. The number of hydrogen-bond donors (Lipinski definition) is 0. The maximum atomic E-state index is 6.11. The van der Waals surface area contributed by atoms with Gasteiger partial charge in [-0.05, 0) is 30.2 Å². The van der Waals surface area contributed by atoms with E-state index in [0.717, 1.165) is 49.0 Å². The molecule has 1 aliphatic rings. The second-order valence-corrected chi connectivity index (χ2v) is 8.10. The summed E-state index contributed by atoms with van der Waals surface area (Å²) in [6.07, 6.45) is 0. The van der Waals surface area contributed by atoms with E-state index in [2.05, 4.69) is 63.0 Å². The van der Waals surface area contributed by atoms with Crippen molar-refractivity contribution in [1.82, 2.24) is 14.8 Å². The Kier molecular flexibility index (Phi) is 6.20. The smallest absolute Gasteiger partial charge is 0.228 e. The molecule has 4 rings (SSSR count). The Labute approximate surface area is 174 Å². The molecule has 2 aromatic carbocycles. The summed E-state index contributed by atoms with van der Waals surface area (Å²) in [6, 6.07) is 18.5. The van der Waals surface area contributed by atoms with Crippen LogP contribution in [-0.4, -0.2) is 41.1 Å². The van der Waals surface area contributed by atoms with Crippen LogP contribution in [0.5, 0.6) is 0 Å². The normalized spacial score (nSPS) is 15.6. The Balaban J connectivity index is 1.67. The number of hydrogen-bond acceptors (Lipinski definition) is 5. The highest BCUT2D eigenvalue weighted by molar-refractivity contribution is 7.99. The van der Waals surface area contributed by atoms with Gasteiger partial charge in [0.2, 0.25) is 5.95 Å². The van der Waals surface area contributed by atoms with Crippen molar-refractivity contribution in [3.63, 3.8) is 0 Å². The molecular weight excluding hydrogens is 392 g/mol. The van der Waals surface area contributed by atoms with E-state index in [1.54, 1.807) is 11.8 Å². The fourth-order valence-corrected chi connectivity index (χ4v) is 4.69. The Morgan fingerprint density at radius 2 is 1.68 bits per heavy atom. The summed E-state index contributed by atoms with van der Waals surface area (Å²) in [4.78, 5) is 2.25. The van der Waals surface area contributed by atoms with Gasteiger partial charge in [0.15, 0.2) is 5.16 Å². The van der Waals surface area contributed by atoms with Gasteiger partial charge in [0.25, 0.3) is 0 Å². The monoisotopic (exact) mass is 414 g/mol. The van der Waals surface area contributed by atoms with Crippen LogP contribution in [0.25, 0.3) is 0 Å². The minimum atomic E-state index is 0.116. The van der Waals surface area contributed by atoms with Crippen molar-refractivity contribution in [2.45, 2.75) is 23.9 Å². The van der Waals surface area contributed by atoms with E-state index in [-0.39, 0.29) is 5.25 Å². The van der Waals surface area contributed by atoms with Gasteiger partial charge >= 0.3 is 0 Å². The topological polar surface area (TPSA) is 43.2 Å². The lowest BCUT2D eigenvalue weighted by Crippen LogP contribution is -2.38. The lowest BCUT2D eigenvalue weighted by Gasteiger charge is -2.27. The largest absolute Gasteiger partial charge is 0.378 e. The lowest BCUT2D eigenvalue weighted by atomic mass is 10.0. The van der Waals surface area contributed by atoms with Crippen molar-refractivity contribution in [1.29, 1.82) is 0 Å². The average molecular weight is 415 g/mol. The highest BCUT2D eigenvalue weighted by atomic mass is 35.5. The van der Waals surface area contributed by atoms with E-state index in [1.165, 1.54) is 11.1 Å². The first-order valence-corrected chi connectivity index (χ1v) is 10.7. The van der Waals surface area contributed by atoms with E-state index in [4.69, 9.17) is 16.3 Å². The van der Waals surface area contributed by atoms with Gasteiger partial charge in [0, 0.05) is 24.7 Å². The van der Waals surface area contributed by atoms with Crippen LogP contribution in [0.3, 0.4) is 0 Å². The predicted molar refractivity (Wildman–Crippen MR) is 114 cm³/mol. The van der Waals surface area contributed by atoms with Gasteiger partial charge in [-0.2, -0.15) is 0 Å². The third-order valence-electron chi connectivity index (χ3n) is 4.81. The predicted octanol–water partition coefficient (Wildman–Crippen LogP) is 4.67. The molecule has 3 aromatic rings. The molecule has 1 saturated heterocycles. The molecule has 5 nitrogen and oxygen atoms in total. The summed E-state index contributed by atoms with van der Waals surface area (Å²) in [7, 11) is 0. The number of aromatic nitrogens is 3. The van der Waals surface area contributed by atoms with Crippen LogP contribution in [0.1, 0.15) is 23.3 Å².